The SMILES string of the molecule is CCCCCCNC(N)=NCc1cc(OC)c(OC)c(OC)c1.I. The molecule has 3 N–H and O–H groups in total. The molecule has 0 saturated carbocycles. The zero-order valence-corrected chi connectivity index (χ0v) is 17.4. The van der Waals surface area contributed by atoms with Gasteiger partial charge in [-0.3, -0.25) is 0 Å². The second-order valence-corrected chi connectivity index (χ2v) is 5.22. The summed E-state index contributed by atoms with van der Waals surface area (Å²) < 4.78 is 16.0. The van der Waals surface area contributed by atoms with Crippen LogP contribution in [0, 0.1) is 0 Å². The van der Waals surface area contributed by atoms with Crippen LogP contribution in [0.25, 0.3) is 0 Å². The predicted molar refractivity (Wildman–Crippen MR) is 109 cm³/mol. The van der Waals surface area contributed by atoms with Crippen LogP contribution in [-0.4, -0.2) is 33.8 Å². The molecule has 0 aliphatic carbocycles. The minimum absolute atomic E-state index is 0. The van der Waals surface area contributed by atoms with Crippen molar-refractivity contribution in [3.8, 4) is 17.2 Å². The van der Waals surface area contributed by atoms with Gasteiger partial charge in [0.15, 0.2) is 17.5 Å². The maximum atomic E-state index is 5.89. The standard InChI is InChI=1S/C17H29N3O3.HI/c1-5-6-7-8-9-19-17(18)20-12-13-10-14(21-2)16(23-4)15(11-13)22-3;/h10-11H,5-9,12H2,1-4H3,(H3,18,19,20);1H. The fourth-order valence-corrected chi connectivity index (χ4v) is 2.23. The number of nitrogens with zero attached hydrogens (tertiary/aromatic N) is 1. The number of nitrogens with two attached hydrogens (primary N) is 1. The molecule has 0 atom stereocenters. The number of halogens is 1. The van der Waals surface area contributed by atoms with Gasteiger partial charge in [0.25, 0.3) is 0 Å². The summed E-state index contributed by atoms with van der Waals surface area (Å²) in [5.41, 5.74) is 6.83. The van der Waals surface area contributed by atoms with E-state index in [1.807, 2.05) is 12.1 Å². The Morgan fingerprint density at radius 3 is 2.17 bits per heavy atom. The highest BCUT2D eigenvalue weighted by Crippen LogP contribution is 2.38. The number of unbranched alkanes of at least 4 members (excludes halogenated alkanes) is 3. The summed E-state index contributed by atoms with van der Waals surface area (Å²) in [5.74, 6) is 2.26. The average Bonchev–Trinajstić information content (AvgIpc) is 2.58. The van der Waals surface area contributed by atoms with Gasteiger partial charge in [-0.05, 0) is 24.1 Å². The summed E-state index contributed by atoms with van der Waals surface area (Å²) in [4.78, 5) is 4.35. The van der Waals surface area contributed by atoms with Crippen molar-refractivity contribution < 1.29 is 14.2 Å². The van der Waals surface area contributed by atoms with Crippen molar-refractivity contribution >= 4 is 29.9 Å². The van der Waals surface area contributed by atoms with Gasteiger partial charge < -0.3 is 25.3 Å². The molecule has 0 fully saturated rings. The van der Waals surface area contributed by atoms with Crippen LogP contribution < -0.4 is 25.3 Å². The second-order valence-electron chi connectivity index (χ2n) is 5.22. The van der Waals surface area contributed by atoms with Gasteiger partial charge in [0.1, 0.15) is 0 Å². The summed E-state index contributed by atoms with van der Waals surface area (Å²) in [6.07, 6.45) is 4.80. The summed E-state index contributed by atoms with van der Waals surface area (Å²) in [6.45, 7) is 3.50. The van der Waals surface area contributed by atoms with Crippen molar-refractivity contribution in [3.63, 3.8) is 0 Å². The topological polar surface area (TPSA) is 78.1 Å². The molecule has 0 aromatic heterocycles. The van der Waals surface area contributed by atoms with Gasteiger partial charge >= 0.3 is 0 Å². The van der Waals surface area contributed by atoms with Crippen molar-refractivity contribution in [2.75, 3.05) is 27.9 Å². The first-order valence-electron chi connectivity index (χ1n) is 7.98. The number of benzene rings is 1. The minimum atomic E-state index is 0. The van der Waals surface area contributed by atoms with Crippen LogP contribution >= 0.6 is 24.0 Å². The largest absolute Gasteiger partial charge is 0.493 e. The third-order valence-electron chi connectivity index (χ3n) is 3.49. The highest BCUT2D eigenvalue weighted by Gasteiger charge is 2.12. The number of nitrogens with one attached hydrogen (secondary N) is 1. The Balaban J connectivity index is 0.00000529. The number of hydrogen-bond donors (Lipinski definition) is 2. The van der Waals surface area contributed by atoms with Crippen molar-refractivity contribution in [2.45, 2.75) is 39.2 Å². The molecule has 0 aliphatic rings. The van der Waals surface area contributed by atoms with Gasteiger partial charge in [0.2, 0.25) is 5.75 Å². The number of rotatable bonds is 10. The number of guanidine groups is 1. The van der Waals surface area contributed by atoms with E-state index in [0.717, 1.165) is 18.5 Å². The van der Waals surface area contributed by atoms with Gasteiger partial charge in [-0.25, -0.2) is 4.99 Å². The number of ether oxygens (including phenoxy) is 3. The van der Waals surface area contributed by atoms with E-state index >= 15 is 0 Å². The molecule has 24 heavy (non-hydrogen) atoms. The third-order valence-corrected chi connectivity index (χ3v) is 3.49. The molecule has 0 unspecified atom stereocenters. The zero-order valence-electron chi connectivity index (χ0n) is 15.1. The van der Waals surface area contributed by atoms with E-state index in [1.54, 1.807) is 21.3 Å². The fraction of sp³-hybridized carbons (Fsp3) is 0.588. The average molecular weight is 451 g/mol. The van der Waals surface area contributed by atoms with Crippen LogP contribution in [0.4, 0.5) is 0 Å². The summed E-state index contributed by atoms with van der Waals surface area (Å²) in [5, 5.41) is 3.13. The normalized spacial score (nSPS) is 10.8. The number of aliphatic imine (C=N–C) groups is 1. The highest BCUT2D eigenvalue weighted by atomic mass is 127. The van der Waals surface area contributed by atoms with E-state index in [9.17, 15) is 0 Å². The van der Waals surface area contributed by atoms with Crippen LogP contribution in [0.2, 0.25) is 0 Å². The van der Waals surface area contributed by atoms with E-state index in [0.29, 0.717) is 29.8 Å². The molecule has 7 heteroatoms. The van der Waals surface area contributed by atoms with Gasteiger partial charge in [-0.15, -0.1) is 24.0 Å². The monoisotopic (exact) mass is 451 g/mol. The van der Waals surface area contributed by atoms with Crippen LogP contribution in [0.1, 0.15) is 38.2 Å². The molecular formula is C17H30IN3O3. The molecule has 0 spiro atoms. The van der Waals surface area contributed by atoms with Crippen LogP contribution in [-0.2, 0) is 6.54 Å². The van der Waals surface area contributed by atoms with Crippen molar-refractivity contribution in [2.24, 2.45) is 10.7 Å². The molecule has 0 heterocycles. The van der Waals surface area contributed by atoms with Gasteiger partial charge in [0.05, 0.1) is 27.9 Å². The minimum Gasteiger partial charge on any atom is -0.493 e. The molecule has 1 aromatic rings. The molecule has 0 aliphatic heterocycles. The summed E-state index contributed by atoms with van der Waals surface area (Å²) >= 11 is 0. The fourth-order valence-electron chi connectivity index (χ4n) is 2.23. The second kappa shape index (κ2) is 13.0. The van der Waals surface area contributed by atoms with E-state index in [4.69, 9.17) is 19.9 Å². The van der Waals surface area contributed by atoms with Crippen LogP contribution in [0.5, 0.6) is 17.2 Å². The Kier molecular flexibility index (Phi) is 12.2. The third kappa shape index (κ3) is 7.46. The lowest BCUT2D eigenvalue weighted by atomic mass is 10.2. The maximum absolute atomic E-state index is 5.89. The molecule has 138 valence electrons. The highest BCUT2D eigenvalue weighted by molar-refractivity contribution is 14.0. The molecule has 0 amide bonds. The van der Waals surface area contributed by atoms with Crippen LogP contribution in [0.15, 0.2) is 17.1 Å². The predicted octanol–water partition coefficient (Wildman–Crippen LogP) is 3.32. The molecule has 0 radical (unpaired) electrons. The lowest BCUT2D eigenvalue weighted by Gasteiger charge is -2.13. The van der Waals surface area contributed by atoms with E-state index < -0.39 is 0 Å². The molecule has 6 nitrogen and oxygen atoms in total. The lowest BCUT2D eigenvalue weighted by molar-refractivity contribution is 0.324. The first-order valence-corrected chi connectivity index (χ1v) is 7.98. The Hall–Kier alpha value is -1.38. The van der Waals surface area contributed by atoms with Gasteiger partial charge in [-0.1, -0.05) is 26.2 Å². The van der Waals surface area contributed by atoms with Crippen molar-refractivity contribution in [1.82, 2.24) is 5.32 Å². The first kappa shape index (κ1) is 22.6. The first-order chi connectivity index (χ1) is 11.2. The van der Waals surface area contributed by atoms with E-state index in [-0.39, 0.29) is 24.0 Å². The Bertz CT molecular complexity index is 485. The molecule has 1 aromatic carbocycles. The Morgan fingerprint density at radius 1 is 1.04 bits per heavy atom. The number of hydrogen-bond acceptors (Lipinski definition) is 4. The summed E-state index contributed by atoms with van der Waals surface area (Å²) in [6, 6.07) is 3.75. The van der Waals surface area contributed by atoms with E-state index in [1.165, 1.54) is 19.3 Å². The zero-order chi connectivity index (χ0) is 17.1. The Morgan fingerprint density at radius 2 is 1.67 bits per heavy atom. The summed E-state index contributed by atoms with van der Waals surface area (Å²) in [7, 11) is 4.77. The number of methoxy groups -OCH3 is 3. The van der Waals surface area contributed by atoms with Gasteiger partial charge in [-0.2, -0.15) is 0 Å². The molecule has 1 rings (SSSR count). The molecule has 0 bridgehead atoms. The Labute approximate surface area is 162 Å². The quantitative estimate of drug-likeness (QED) is 0.247. The smallest absolute Gasteiger partial charge is 0.203 e. The van der Waals surface area contributed by atoms with Crippen molar-refractivity contribution in [3.05, 3.63) is 17.7 Å². The van der Waals surface area contributed by atoms with Gasteiger partial charge in [0, 0.05) is 6.54 Å². The van der Waals surface area contributed by atoms with Crippen molar-refractivity contribution in [1.29, 1.82) is 0 Å². The maximum Gasteiger partial charge on any atom is 0.203 e. The van der Waals surface area contributed by atoms with E-state index in [2.05, 4.69) is 17.2 Å². The van der Waals surface area contributed by atoms with Crippen LogP contribution in [0.3, 0.4) is 0 Å². The molecular weight excluding hydrogens is 421 g/mol. The molecule has 0 saturated heterocycles. The lowest BCUT2D eigenvalue weighted by Crippen LogP contribution is -2.32.